The van der Waals surface area contributed by atoms with Crippen molar-refractivity contribution < 1.29 is 0 Å². The number of likely N-dealkylation sites (N-methyl/N-ethyl adjacent to an activating group) is 2. The third kappa shape index (κ3) is 4.03. The highest BCUT2D eigenvalue weighted by atomic mass is 35.5. The highest BCUT2D eigenvalue weighted by Crippen LogP contribution is 2.16. The summed E-state index contributed by atoms with van der Waals surface area (Å²) >= 11 is 5.86. The van der Waals surface area contributed by atoms with E-state index in [0.717, 1.165) is 31.2 Å². The maximum absolute atomic E-state index is 5.86. The van der Waals surface area contributed by atoms with Gasteiger partial charge < -0.3 is 9.80 Å². The molecule has 0 aromatic heterocycles. The van der Waals surface area contributed by atoms with Crippen LogP contribution < -0.4 is 4.90 Å². The van der Waals surface area contributed by atoms with E-state index in [4.69, 9.17) is 11.6 Å². The summed E-state index contributed by atoms with van der Waals surface area (Å²) in [4.78, 5) is 4.68. The standard InChI is InChI=1S/C13H21ClN2/c1-4-16(5-2)11-10-15(3)13-8-6-12(14)7-9-13/h6-9H,4-5,10-11H2,1-3H3. The highest BCUT2D eigenvalue weighted by molar-refractivity contribution is 6.30. The number of benzene rings is 1. The van der Waals surface area contributed by atoms with E-state index in [2.05, 4.69) is 42.8 Å². The van der Waals surface area contributed by atoms with Gasteiger partial charge in [-0.15, -0.1) is 0 Å². The van der Waals surface area contributed by atoms with Crippen molar-refractivity contribution in [1.82, 2.24) is 4.90 Å². The maximum Gasteiger partial charge on any atom is 0.0407 e. The van der Waals surface area contributed by atoms with Gasteiger partial charge in [0.1, 0.15) is 0 Å². The molecular weight excluding hydrogens is 220 g/mol. The molecule has 0 atom stereocenters. The predicted octanol–water partition coefficient (Wildman–Crippen LogP) is 3.12. The number of halogens is 1. The van der Waals surface area contributed by atoms with E-state index >= 15 is 0 Å². The molecule has 16 heavy (non-hydrogen) atoms. The second-order valence-electron chi connectivity index (χ2n) is 3.92. The number of hydrogen-bond acceptors (Lipinski definition) is 2. The minimum atomic E-state index is 0.792. The van der Waals surface area contributed by atoms with Gasteiger partial charge in [0.2, 0.25) is 0 Å². The van der Waals surface area contributed by atoms with Crippen LogP contribution in [-0.4, -0.2) is 38.1 Å². The molecule has 0 fully saturated rings. The summed E-state index contributed by atoms with van der Waals surface area (Å²) < 4.78 is 0. The first-order valence-electron chi connectivity index (χ1n) is 5.86. The Labute approximate surface area is 104 Å². The fraction of sp³-hybridized carbons (Fsp3) is 0.538. The van der Waals surface area contributed by atoms with E-state index in [9.17, 15) is 0 Å². The molecule has 0 amide bonds. The Bertz CT molecular complexity index is 293. The van der Waals surface area contributed by atoms with E-state index in [0.29, 0.717) is 0 Å². The van der Waals surface area contributed by atoms with Gasteiger partial charge in [-0.2, -0.15) is 0 Å². The van der Waals surface area contributed by atoms with Gasteiger partial charge in [-0.3, -0.25) is 0 Å². The van der Waals surface area contributed by atoms with E-state index in [1.54, 1.807) is 0 Å². The average Bonchev–Trinajstić information content (AvgIpc) is 2.31. The van der Waals surface area contributed by atoms with E-state index < -0.39 is 0 Å². The van der Waals surface area contributed by atoms with Crippen molar-refractivity contribution in [2.75, 3.05) is 38.1 Å². The second-order valence-corrected chi connectivity index (χ2v) is 4.36. The zero-order valence-corrected chi connectivity index (χ0v) is 11.2. The third-order valence-electron chi connectivity index (χ3n) is 2.91. The van der Waals surface area contributed by atoms with Gasteiger partial charge in [-0.1, -0.05) is 25.4 Å². The summed E-state index contributed by atoms with van der Waals surface area (Å²) in [6, 6.07) is 7.99. The lowest BCUT2D eigenvalue weighted by atomic mass is 10.3. The van der Waals surface area contributed by atoms with E-state index in [1.807, 2.05) is 12.1 Å². The quantitative estimate of drug-likeness (QED) is 0.754. The van der Waals surface area contributed by atoms with Crippen LogP contribution in [0.4, 0.5) is 5.69 Å². The predicted molar refractivity (Wildman–Crippen MR) is 72.5 cm³/mol. The molecule has 0 heterocycles. The summed E-state index contributed by atoms with van der Waals surface area (Å²) in [5.41, 5.74) is 1.22. The molecule has 0 saturated heterocycles. The van der Waals surface area contributed by atoms with Crippen molar-refractivity contribution in [1.29, 1.82) is 0 Å². The van der Waals surface area contributed by atoms with Gasteiger partial charge in [0.25, 0.3) is 0 Å². The minimum absolute atomic E-state index is 0.792. The zero-order chi connectivity index (χ0) is 12.0. The first-order chi connectivity index (χ1) is 7.67. The van der Waals surface area contributed by atoms with Crippen LogP contribution in [-0.2, 0) is 0 Å². The van der Waals surface area contributed by atoms with Gasteiger partial charge >= 0.3 is 0 Å². The third-order valence-corrected chi connectivity index (χ3v) is 3.17. The lowest BCUT2D eigenvalue weighted by molar-refractivity contribution is 0.311. The molecule has 0 N–H and O–H groups in total. The minimum Gasteiger partial charge on any atom is -0.373 e. The SMILES string of the molecule is CCN(CC)CCN(C)c1ccc(Cl)cc1. The first kappa shape index (κ1) is 13.3. The molecule has 0 aliphatic heterocycles. The molecule has 0 aliphatic rings. The molecule has 90 valence electrons. The molecule has 1 aromatic rings. The van der Waals surface area contributed by atoms with Crippen molar-refractivity contribution in [3.05, 3.63) is 29.3 Å². The summed E-state index contributed by atoms with van der Waals surface area (Å²) in [6.45, 7) is 8.78. The molecular formula is C13H21ClN2. The van der Waals surface area contributed by atoms with Gasteiger partial charge in [0.05, 0.1) is 0 Å². The van der Waals surface area contributed by atoms with Gasteiger partial charge in [0, 0.05) is 30.8 Å². The fourth-order valence-electron chi connectivity index (χ4n) is 1.66. The number of nitrogens with zero attached hydrogens (tertiary/aromatic N) is 2. The smallest absolute Gasteiger partial charge is 0.0407 e. The Kier molecular flexibility index (Phi) is 5.64. The van der Waals surface area contributed by atoms with Crippen LogP contribution in [0, 0.1) is 0 Å². The van der Waals surface area contributed by atoms with Crippen molar-refractivity contribution in [3.8, 4) is 0 Å². The number of hydrogen-bond donors (Lipinski definition) is 0. The highest BCUT2D eigenvalue weighted by Gasteiger charge is 2.03. The molecule has 0 saturated carbocycles. The molecule has 0 radical (unpaired) electrons. The lowest BCUT2D eigenvalue weighted by Crippen LogP contribution is -2.33. The van der Waals surface area contributed by atoms with Crippen LogP contribution in [0.2, 0.25) is 5.02 Å². The zero-order valence-electron chi connectivity index (χ0n) is 10.4. The van der Waals surface area contributed by atoms with Gasteiger partial charge in [-0.05, 0) is 37.4 Å². The van der Waals surface area contributed by atoms with Crippen molar-refractivity contribution >= 4 is 17.3 Å². The molecule has 0 bridgehead atoms. The molecule has 0 aliphatic carbocycles. The molecule has 3 heteroatoms. The molecule has 0 unspecified atom stereocenters. The fourth-order valence-corrected chi connectivity index (χ4v) is 1.78. The van der Waals surface area contributed by atoms with Crippen LogP contribution in [0.5, 0.6) is 0 Å². The van der Waals surface area contributed by atoms with Crippen molar-refractivity contribution in [2.24, 2.45) is 0 Å². The maximum atomic E-state index is 5.86. The Balaban J connectivity index is 2.46. The van der Waals surface area contributed by atoms with Crippen LogP contribution in [0.1, 0.15) is 13.8 Å². The first-order valence-corrected chi connectivity index (χ1v) is 6.24. The van der Waals surface area contributed by atoms with Gasteiger partial charge in [0.15, 0.2) is 0 Å². The molecule has 1 rings (SSSR count). The summed E-state index contributed by atoms with van der Waals surface area (Å²) in [5.74, 6) is 0. The monoisotopic (exact) mass is 240 g/mol. The van der Waals surface area contributed by atoms with E-state index in [1.165, 1.54) is 5.69 Å². The largest absolute Gasteiger partial charge is 0.373 e. The number of rotatable bonds is 6. The second kappa shape index (κ2) is 6.77. The van der Waals surface area contributed by atoms with Crippen molar-refractivity contribution in [3.63, 3.8) is 0 Å². The Morgan fingerprint density at radius 2 is 1.56 bits per heavy atom. The summed E-state index contributed by atoms with van der Waals surface area (Å²) in [5, 5.41) is 0.792. The Morgan fingerprint density at radius 3 is 2.06 bits per heavy atom. The summed E-state index contributed by atoms with van der Waals surface area (Å²) in [6.07, 6.45) is 0. The molecule has 0 spiro atoms. The Morgan fingerprint density at radius 1 is 1.00 bits per heavy atom. The van der Waals surface area contributed by atoms with Crippen LogP contribution in [0.3, 0.4) is 0 Å². The lowest BCUT2D eigenvalue weighted by Gasteiger charge is -2.24. The normalized spacial score (nSPS) is 10.8. The van der Waals surface area contributed by atoms with Gasteiger partial charge in [-0.25, -0.2) is 0 Å². The topological polar surface area (TPSA) is 6.48 Å². The molecule has 1 aromatic carbocycles. The average molecular weight is 241 g/mol. The summed E-state index contributed by atoms with van der Waals surface area (Å²) in [7, 11) is 2.12. The van der Waals surface area contributed by atoms with E-state index in [-0.39, 0.29) is 0 Å². The van der Waals surface area contributed by atoms with Crippen LogP contribution >= 0.6 is 11.6 Å². The van der Waals surface area contributed by atoms with Crippen LogP contribution in [0.15, 0.2) is 24.3 Å². The van der Waals surface area contributed by atoms with Crippen LogP contribution in [0.25, 0.3) is 0 Å². The number of anilines is 1. The van der Waals surface area contributed by atoms with Crippen molar-refractivity contribution in [2.45, 2.75) is 13.8 Å². The Hall–Kier alpha value is -0.730. The molecule has 2 nitrogen and oxygen atoms in total.